The van der Waals surface area contributed by atoms with Crippen molar-refractivity contribution in [3.8, 4) is 6.07 Å². The first kappa shape index (κ1) is 13.9. The highest BCUT2D eigenvalue weighted by molar-refractivity contribution is 9.10. The number of benzene rings is 2. The van der Waals surface area contributed by atoms with Crippen molar-refractivity contribution in [1.82, 2.24) is 0 Å². The maximum absolute atomic E-state index is 13.0. The second-order valence-electron chi connectivity index (χ2n) is 3.90. The fourth-order valence-electron chi connectivity index (χ4n) is 1.61. The number of halogens is 3. The van der Waals surface area contributed by atoms with E-state index in [0.29, 0.717) is 17.3 Å². The zero-order chi connectivity index (χ0) is 13.8. The standard InChI is InChI=1S/C14H9BrClFN2/c15-12-3-1-9(5-13(12)16)8-19-14-4-2-11(17)6-10(14)7-18/h1-6,19H,8H2. The molecule has 0 saturated heterocycles. The first-order valence-electron chi connectivity index (χ1n) is 5.47. The molecular weight excluding hydrogens is 331 g/mol. The smallest absolute Gasteiger partial charge is 0.124 e. The largest absolute Gasteiger partial charge is 0.380 e. The summed E-state index contributed by atoms with van der Waals surface area (Å²) in [6.07, 6.45) is 0. The SMILES string of the molecule is N#Cc1cc(F)ccc1NCc1ccc(Br)c(Cl)c1. The maximum Gasteiger partial charge on any atom is 0.124 e. The summed E-state index contributed by atoms with van der Waals surface area (Å²) < 4.78 is 13.8. The van der Waals surface area contributed by atoms with E-state index in [0.717, 1.165) is 10.0 Å². The van der Waals surface area contributed by atoms with Gasteiger partial charge in [0.2, 0.25) is 0 Å². The summed E-state index contributed by atoms with van der Waals surface area (Å²) in [4.78, 5) is 0. The van der Waals surface area contributed by atoms with Gasteiger partial charge in [-0.05, 0) is 51.8 Å². The minimum Gasteiger partial charge on any atom is -0.380 e. The van der Waals surface area contributed by atoms with Gasteiger partial charge in [-0.3, -0.25) is 0 Å². The van der Waals surface area contributed by atoms with Gasteiger partial charge in [0.25, 0.3) is 0 Å². The first-order valence-corrected chi connectivity index (χ1v) is 6.64. The third-order valence-electron chi connectivity index (χ3n) is 2.57. The Morgan fingerprint density at radius 1 is 1.26 bits per heavy atom. The molecular formula is C14H9BrClFN2. The molecule has 0 fully saturated rings. The van der Waals surface area contributed by atoms with Gasteiger partial charge in [0.05, 0.1) is 16.3 Å². The summed E-state index contributed by atoms with van der Waals surface area (Å²) >= 11 is 9.32. The van der Waals surface area contributed by atoms with E-state index in [4.69, 9.17) is 16.9 Å². The Morgan fingerprint density at radius 2 is 2.05 bits per heavy atom. The Labute approximate surface area is 123 Å². The van der Waals surface area contributed by atoms with Gasteiger partial charge < -0.3 is 5.32 Å². The summed E-state index contributed by atoms with van der Waals surface area (Å²) in [5.74, 6) is -0.422. The first-order chi connectivity index (χ1) is 9.10. The molecule has 96 valence electrons. The molecule has 0 aromatic heterocycles. The summed E-state index contributed by atoms with van der Waals surface area (Å²) in [6.45, 7) is 0.507. The molecule has 2 nitrogen and oxygen atoms in total. The van der Waals surface area contributed by atoms with Crippen molar-refractivity contribution < 1.29 is 4.39 Å². The number of rotatable bonds is 3. The van der Waals surface area contributed by atoms with Crippen LogP contribution < -0.4 is 5.32 Å². The molecule has 0 amide bonds. The number of hydrogen-bond acceptors (Lipinski definition) is 2. The zero-order valence-corrected chi connectivity index (χ0v) is 12.1. The molecule has 1 N–H and O–H groups in total. The molecule has 0 unspecified atom stereocenters. The van der Waals surface area contributed by atoms with Gasteiger partial charge in [0.15, 0.2) is 0 Å². The van der Waals surface area contributed by atoms with Crippen molar-refractivity contribution in [2.75, 3.05) is 5.32 Å². The molecule has 2 aromatic carbocycles. The Balaban J connectivity index is 2.14. The van der Waals surface area contributed by atoms with E-state index in [-0.39, 0.29) is 5.56 Å². The highest BCUT2D eigenvalue weighted by Crippen LogP contribution is 2.24. The average Bonchev–Trinajstić information content (AvgIpc) is 2.41. The van der Waals surface area contributed by atoms with Crippen LogP contribution >= 0.6 is 27.5 Å². The fourth-order valence-corrected chi connectivity index (χ4v) is 2.06. The van der Waals surface area contributed by atoms with E-state index in [1.165, 1.54) is 12.1 Å². The molecule has 0 radical (unpaired) electrons. The van der Waals surface area contributed by atoms with E-state index < -0.39 is 5.82 Å². The number of nitrogens with one attached hydrogen (secondary N) is 1. The minimum absolute atomic E-state index is 0.281. The molecule has 0 aliphatic heterocycles. The lowest BCUT2D eigenvalue weighted by Gasteiger charge is -2.09. The topological polar surface area (TPSA) is 35.8 Å². The van der Waals surface area contributed by atoms with Crippen molar-refractivity contribution in [3.63, 3.8) is 0 Å². The number of anilines is 1. The van der Waals surface area contributed by atoms with Crippen LogP contribution in [0, 0.1) is 17.1 Å². The molecule has 0 saturated carbocycles. The van der Waals surface area contributed by atoms with Crippen LogP contribution in [0.15, 0.2) is 40.9 Å². The molecule has 0 bridgehead atoms. The Bertz CT molecular complexity index is 652. The van der Waals surface area contributed by atoms with Crippen LogP contribution in [0.1, 0.15) is 11.1 Å². The van der Waals surface area contributed by atoms with E-state index in [1.54, 1.807) is 6.07 Å². The Morgan fingerprint density at radius 3 is 2.74 bits per heavy atom. The fraction of sp³-hybridized carbons (Fsp3) is 0.0714. The van der Waals surface area contributed by atoms with Crippen LogP contribution in [-0.4, -0.2) is 0 Å². The maximum atomic E-state index is 13.0. The average molecular weight is 340 g/mol. The van der Waals surface area contributed by atoms with Crippen LogP contribution in [0.3, 0.4) is 0 Å². The van der Waals surface area contributed by atoms with E-state index >= 15 is 0 Å². The molecule has 0 spiro atoms. The van der Waals surface area contributed by atoms with Gasteiger partial charge in [-0.2, -0.15) is 5.26 Å². The second-order valence-corrected chi connectivity index (χ2v) is 5.17. The lowest BCUT2D eigenvalue weighted by Crippen LogP contribution is -2.01. The molecule has 19 heavy (non-hydrogen) atoms. The van der Waals surface area contributed by atoms with Gasteiger partial charge >= 0.3 is 0 Å². The molecule has 0 atom stereocenters. The van der Waals surface area contributed by atoms with Crippen LogP contribution in [0.4, 0.5) is 10.1 Å². The van der Waals surface area contributed by atoms with E-state index in [9.17, 15) is 4.39 Å². The van der Waals surface area contributed by atoms with Gasteiger partial charge in [0, 0.05) is 11.0 Å². The van der Waals surface area contributed by atoms with Crippen molar-refractivity contribution in [3.05, 3.63) is 62.8 Å². The lowest BCUT2D eigenvalue weighted by molar-refractivity contribution is 0.627. The number of nitrogens with zero attached hydrogens (tertiary/aromatic N) is 1. The van der Waals surface area contributed by atoms with Crippen LogP contribution in [-0.2, 0) is 6.54 Å². The molecule has 2 aromatic rings. The lowest BCUT2D eigenvalue weighted by atomic mass is 10.1. The summed E-state index contributed by atoms with van der Waals surface area (Å²) in [5, 5.41) is 12.7. The van der Waals surface area contributed by atoms with Crippen molar-refractivity contribution in [1.29, 1.82) is 5.26 Å². The van der Waals surface area contributed by atoms with Crippen LogP contribution in [0.5, 0.6) is 0 Å². The summed E-state index contributed by atoms with van der Waals surface area (Å²) in [6, 6.07) is 11.6. The zero-order valence-electron chi connectivity index (χ0n) is 9.75. The molecule has 2 rings (SSSR count). The quantitative estimate of drug-likeness (QED) is 0.878. The second kappa shape index (κ2) is 6.05. The van der Waals surface area contributed by atoms with E-state index in [2.05, 4.69) is 21.2 Å². The highest BCUT2D eigenvalue weighted by atomic mass is 79.9. The molecule has 5 heteroatoms. The third-order valence-corrected chi connectivity index (χ3v) is 3.80. The van der Waals surface area contributed by atoms with Crippen molar-refractivity contribution in [2.45, 2.75) is 6.54 Å². The molecule has 0 aliphatic carbocycles. The van der Waals surface area contributed by atoms with Gasteiger partial charge in [-0.15, -0.1) is 0 Å². The predicted octanol–water partition coefficient (Wildman–Crippen LogP) is 4.73. The van der Waals surface area contributed by atoms with E-state index in [1.807, 2.05) is 24.3 Å². The van der Waals surface area contributed by atoms with Gasteiger partial charge in [0.1, 0.15) is 11.9 Å². The van der Waals surface area contributed by atoms with Crippen molar-refractivity contribution >= 4 is 33.2 Å². The van der Waals surface area contributed by atoms with Crippen LogP contribution in [0.25, 0.3) is 0 Å². The van der Waals surface area contributed by atoms with Crippen LogP contribution in [0.2, 0.25) is 5.02 Å². The van der Waals surface area contributed by atoms with Crippen molar-refractivity contribution in [2.24, 2.45) is 0 Å². The Kier molecular flexibility index (Phi) is 4.41. The normalized spacial score (nSPS) is 10.0. The molecule has 0 heterocycles. The van der Waals surface area contributed by atoms with Gasteiger partial charge in [-0.25, -0.2) is 4.39 Å². The number of hydrogen-bond donors (Lipinski definition) is 1. The predicted molar refractivity (Wildman–Crippen MR) is 77.6 cm³/mol. The monoisotopic (exact) mass is 338 g/mol. The third kappa shape index (κ3) is 3.46. The summed E-state index contributed by atoms with van der Waals surface area (Å²) in [5.41, 5.74) is 1.85. The summed E-state index contributed by atoms with van der Waals surface area (Å²) in [7, 11) is 0. The molecule has 0 aliphatic rings. The highest BCUT2D eigenvalue weighted by Gasteiger charge is 2.04. The Hall–Kier alpha value is -1.57. The minimum atomic E-state index is -0.422. The number of nitriles is 1. The van der Waals surface area contributed by atoms with Gasteiger partial charge in [-0.1, -0.05) is 17.7 Å².